The number of anilines is 2. The van der Waals surface area contributed by atoms with E-state index < -0.39 is 0 Å². The first-order chi connectivity index (χ1) is 19.1. The van der Waals surface area contributed by atoms with Gasteiger partial charge in [-0.1, -0.05) is 31.2 Å². The Morgan fingerprint density at radius 2 is 1.74 bits per heavy atom. The van der Waals surface area contributed by atoms with Gasteiger partial charge in [-0.15, -0.1) is 11.3 Å². The number of likely N-dealkylation sites (N-methyl/N-ethyl adjacent to an activating group) is 1. The van der Waals surface area contributed by atoms with Crippen molar-refractivity contribution in [1.82, 2.24) is 29.8 Å². The van der Waals surface area contributed by atoms with Crippen molar-refractivity contribution in [3.8, 4) is 22.4 Å². The topological polar surface area (TPSA) is 83.0 Å². The third-order valence-electron chi connectivity index (χ3n) is 7.29. The summed E-state index contributed by atoms with van der Waals surface area (Å²) in [6.45, 7) is 11.4. The quantitative estimate of drug-likeness (QED) is 0.267. The van der Waals surface area contributed by atoms with E-state index in [2.05, 4.69) is 75.3 Å². The van der Waals surface area contributed by atoms with E-state index in [1.54, 1.807) is 11.3 Å². The van der Waals surface area contributed by atoms with E-state index in [1.165, 1.54) is 0 Å². The van der Waals surface area contributed by atoms with Gasteiger partial charge < -0.3 is 15.1 Å². The number of aromatic nitrogens is 5. The maximum Gasteiger partial charge on any atom is 0.225 e. The van der Waals surface area contributed by atoms with Crippen LogP contribution in [0.3, 0.4) is 0 Å². The van der Waals surface area contributed by atoms with Crippen LogP contribution < -0.4 is 10.2 Å². The maximum absolute atomic E-state index is 4.70. The lowest BCUT2D eigenvalue weighted by atomic mass is 10.0. The van der Waals surface area contributed by atoms with E-state index >= 15 is 0 Å². The number of thiazole rings is 1. The largest absolute Gasteiger partial charge is 0.363 e. The van der Waals surface area contributed by atoms with Gasteiger partial charge in [-0.25, -0.2) is 24.9 Å². The lowest BCUT2D eigenvalue weighted by Crippen LogP contribution is -2.46. The van der Waals surface area contributed by atoms with Gasteiger partial charge >= 0.3 is 0 Å². The van der Waals surface area contributed by atoms with Crippen LogP contribution in [0.2, 0.25) is 0 Å². The van der Waals surface area contributed by atoms with Gasteiger partial charge in [0.1, 0.15) is 11.6 Å². The number of hydrogen-bond acceptors (Lipinski definition) is 9. The summed E-state index contributed by atoms with van der Waals surface area (Å²) in [5.41, 5.74) is 8.12. The monoisotopic (exact) mass is 538 g/mol. The second-order valence-corrected chi connectivity index (χ2v) is 10.8. The number of piperazine rings is 1. The molecule has 3 aromatic heterocycles. The van der Waals surface area contributed by atoms with E-state index in [9.17, 15) is 0 Å². The molecule has 4 heterocycles. The van der Waals surface area contributed by atoms with E-state index in [-0.39, 0.29) is 7.47 Å². The molecule has 9 heteroatoms. The molecule has 2 aromatic carbocycles. The maximum atomic E-state index is 4.70. The van der Waals surface area contributed by atoms with Crippen molar-refractivity contribution in [3.05, 3.63) is 77.8 Å². The smallest absolute Gasteiger partial charge is 0.225 e. The molecule has 0 spiro atoms. The van der Waals surface area contributed by atoms with Gasteiger partial charge in [0.15, 0.2) is 0 Å². The Morgan fingerprint density at radius 1 is 0.923 bits per heavy atom. The number of benzene rings is 2. The Morgan fingerprint density at radius 3 is 2.54 bits per heavy atom. The highest BCUT2D eigenvalue weighted by Crippen LogP contribution is 2.29. The van der Waals surface area contributed by atoms with E-state index in [4.69, 9.17) is 15.0 Å². The van der Waals surface area contributed by atoms with Crippen molar-refractivity contribution < 1.29 is 1.43 Å². The van der Waals surface area contributed by atoms with Crippen molar-refractivity contribution in [2.24, 2.45) is 0 Å². The average Bonchev–Trinajstić information content (AvgIpc) is 3.45. The average molecular weight is 539 g/mol. The Hall–Kier alpha value is -3.95. The van der Waals surface area contributed by atoms with Gasteiger partial charge in [0.25, 0.3) is 0 Å². The molecule has 1 N–H and O–H groups in total. The summed E-state index contributed by atoms with van der Waals surface area (Å²) in [6.07, 6.45) is 3.87. The van der Waals surface area contributed by atoms with Crippen LogP contribution in [0.15, 0.2) is 66.4 Å². The number of rotatable bonds is 7. The van der Waals surface area contributed by atoms with Gasteiger partial charge in [0.2, 0.25) is 5.95 Å². The van der Waals surface area contributed by atoms with Crippen molar-refractivity contribution in [1.29, 1.82) is 0 Å². The van der Waals surface area contributed by atoms with E-state index in [0.29, 0.717) is 0 Å². The second kappa shape index (κ2) is 11.0. The molecule has 0 bridgehead atoms. The van der Waals surface area contributed by atoms with Crippen LogP contribution in [0.25, 0.3) is 32.6 Å². The third kappa shape index (κ3) is 5.60. The zero-order valence-electron chi connectivity index (χ0n) is 22.5. The highest BCUT2D eigenvalue weighted by Gasteiger charge is 2.18. The predicted molar refractivity (Wildman–Crippen MR) is 161 cm³/mol. The molecule has 1 fully saturated rings. The van der Waals surface area contributed by atoms with Crippen LogP contribution in [0.1, 0.15) is 32.7 Å². The fourth-order valence-corrected chi connectivity index (χ4v) is 5.71. The highest BCUT2D eigenvalue weighted by atomic mass is 32.1. The minimum Gasteiger partial charge on any atom is -0.363 e. The fraction of sp³-hybridized carbons (Fsp3) is 0.300. The summed E-state index contributed by atoms with van der Waals surface area (Å²) in [5.74, 6) is 2.34. The third-order valence-corrected chi connectivity index (χ3v) is 8.08. The first kappa shape index (κ1) is 25.3. The predicted octanol–water partition coefficient (Wildman–Crippen LogP) is 6.08. The van der Waals surface area contributed by atoms with Crippen LogP contribution in [-0.2, 0) is 0 Å². The van der Waals surface area contributed by atoms with Crippen molar-refractivity contribution in [2.45, 2.75) is 26.8 Å². The number of fused-ring (bicyclic) bond motifs is 1. The molecule has 0 radical (unpaired) electrons. The normalized spacial score (nSPS) is 15.0. The Labute approximate surface area is 234 Å². The molecular weight excluding hydrogens is 504 g/mol. The van der Waals surface area contributed by atoms with Gasteiger partial charge in [-0.3, -0.25) is 0 Å². The molecule has 1 aliphatic heterocycles. The number of aryl methyl sites for hydroxylation is 1. The fourth-order valence-electron chi connectivity index (χ4n) is 4.99. The molecule has 1 aliphatic rings. The summed E-state index contributed by atoms with van der Waals surface area (Å²) in [6, 6.07) is 16.8. The minimum absolute atomic E-state index is 0. The molecule has 8 nitrogen and oxygen atoms in total. The Balaban J connectivity index is 0.00000323. The number of nitrogens with one attached hydrogen (secondary N) is 1. The molecule has 6 rings (SSSR count). The SMILES string of the molecule is CCN1CCN(c2ncc(-c3cccc([C@H](C)Nc4cc(-c5ccc6ncsc6c5)nc(C)n4)c3)cn2)CC1.[HH]. The Kier molecular flexibility index (Phi) is 7.17. The summed E-state index contributed by atoms with van der Waals surface area (Å²) in [5, 5.41) is 3.58. The first-order valence-electron chi connectivity index (χ1n) is 13.4. The van der Waals surface area contributed by atoms with Gasteiger partial charge in [-0.2, -0.15) is 0 Å². The molecule has 39 heavy (non-hydrogen) atoms. The second-order valence-electron chi connectivity index (χ2n) is 9.91. The van der Waals surface area contributed by atoms with Gasteiger partial charge in [0, 0.05) is 63.2 Å². The van der Waals surface area contributed by atoms with Crippen LogP contribution in [0.5, 0.6) is 0 Å². The molecule has 0 unspecified atom stereocenters. The summed E-state index contributed by atoms with van der Waals surface area (Å²) in [7, 11) is 0. The molecule has 0 saturated carbocycles. The minimum atomic E-state index is 0. The molecule has 1 atom stereocenters. The van der Waals surface area contributed by atoms with Crippen molar-refractivity contribution in [3.63, 3.8) is 0 Å². The molecule has 0 amide bonds. The van der Waals surface area contributed by atoms with Crippen LogP contribution in [-0.4, -0.2) is 62.5 Å². The van der Waals surface area contributed by atoms with Crippen molar-refractivity contribution in [2.75, 3.05) is 42.9 Å². The van der Waals surface area contributed by atoms with E-state index in [0.717, 1.165) is 88.5 Å². The summed E-state index contributed by atoms with van der Waals surface area (Å²) in [4.78, 5) is 27.9. The lowest BCUT2D eigenvalue weighted by Gasteiger charge is -2.33. The first-order valence-corrected chi connectivity index (χ1v) is 14.3. The summed E-state index contributed by atoms with van der Waals surface area (Å²) >= 11 is 1.64. The van der Waals surface area contributed by atoms with Crippen LogP contribution in [0, 0.1) is 6.92 Å². The van der Waals surface area contributed by atoms with Crippen LogP contribution >= 0.6 is 11.3 Å². The lowest BCUT2D eigenvalue weighted by molar-refractivity contribution is 0.270. The standard InChI is InChI=1S/C30H32N8S.H2/c1-4-37-10-12-38(13-11-37)30-31-17-25(18-32-30)23-7-5-6-22(14-23)20(2)34-29-16-27(35-21(3)36-29)24-8-9-26-28(15-24)39-19-33-26;/h5-9,14-20H,4,10-13H2,1-3H3,(H,34,35,36);1H/t20-;/m0./s1. The number of nitrogens with zero attached hydrogens (tertiary/aromatic N) is 7. The number of hydrogen-bond donors (Lipinski definition) is 1. The molecular formula is C30H34N8S. The van der Waals surface area contributed by atoms with Crippen LogP contribution in [0.4, 0.5) is 11.8 Å². The van der Waals surface area contributed by atoms with E-state index in [1.807, 2.05) is 37.0 Å². The molecule has 5 aromatic rings. The highest BCUT2D eigenvalue weighted by molar-refractivity contribution is 7.16. The molecule has 1 saturated heterocycles. The summed E-state index contributed by atoms with van der Waals surface area (Å²) < 4.78 is 1.15. The zero-order valence-corrected chi connectivity index (χ0v) is 23.3. The Bertz CT molecular complexity index is 1580. The molecule has 200 valence electrons. The van der Waals surface area contributed by atoms with Crippen molar-refractivity contribution >= 4 is 33.3 Å². The van der Waals surface area contributed by atoms with Gasteiger partial charge in [0.05, 0.1) is 21.4 Å². The van der Waals surface area contributed by atoms with Gasteiger partial charge in [-0.05, 0) is 49.7 Å². The molecule has 0 aliphatic carbocycles. The zero-order chi connectivity index (χ0) is 26.8.